The van der Waals surface area contributed by atoms with Crippen LogP contribution in [0.3, 0.4) is 0 Å². The summed E-state index contributed by atoms with van der Waals surface area (Å²) < 4.78 is 0. The van der Waals surface area contributed by atoms with Crippen molar-refractivity contribution in [1.82, 2.24) is 9.97 Å². The van der Waals surface area contributed by atoms with Gasteiger partial charge in [-0.1, -0.05) is 36.4 Å². The first kappa shape index (κ1) is 18.3. The highest BCUT2D eigenvalue weighted by atomic mass is 32.2. The van der Waals surface area contributed by atoms with Gasteiger partial charge in [-0.15, -0.1) is 11.3 Å². The fourth-order valence-corrected chi connectivity index (χ4v) is 5.47. The second kappa shape index (κ2) is 7.48. The van der Waals surface area contributed by atoms with E-state index in [0.717, 1.165) is 40.7 Å². The summed E-state index contributed by atoms with van der Waals surface area (Å²) in [6, 6.07) is 7.66. The lowest BCUT2D eigenvalue weighted by Gasteiger charge is -2.17. The van der Waals surface area contributed by atoms with Crippen molar-refractivity contribution in [3.63, 3.8) is 0 Å². The first-order valence-corrected chi connectivity index (χ1v) is 10.8. The number of thioether (sulfide) groups is 1. The van der Waals surface area contributed by atoms with Gasteiger partial charge in [0.25, 0.3) is 5.56 Å². The molecule has 1 aliphatic carbocycles. The van der Waals surface area contributed by atoms with E-state index < -0.39 is 0 Å². The number of hydrogen-bond donors (Lipinski definition) is 2. The number of benzene rings is 1. The quantitative estimate of drug-likeness (QED) is 0.510. The van der Waals surface area contributed by atoms with Crippen LogP contribution in [0.4, 0.5) is 5.69 Å². The number of nitrogens with one attached hydrogen (secondary N) is 2. The summed E-state index contributed by atoms with van der Waals surface area (Å²) in [4.78, 5) is 34.3. The van der Waals surface area contributed by atoms with E-state index in [1.54, 1.807) is 11.3 Å². The molecule has 0 radical (unpaired) electrons. The summed E-state index contributed by atoms with van der Waals surface area (Å²) in [6.45, 7) is 4.25. The summed E-state index contributed by atoms with van der Waals surface area (Å²) >= 11 is 2.88. The highest BCUT2D eigenvalue weighted by molar-refractivity contribution is 7.99. The molecule has 2 N–H and O–H groups in total. The molecule has 0 fully saturated rings. The second-order valence-electron chi connectivity index (χ2n) is 7.11. The number of carbonyl (C=O) groups is 1. The molecule has 2 aromatic heterocycles. The Morgan fingerprint density at radius 3 is 2.93 bits per heavy atom. The molecule has 4 rings (SSSR count). The zero-order valence-electron chi connectivity index (χ0n) is 15.3. The van der Waals surface area contributed by atoms with Crippen molar-refractivity contribution >= 4 is 44.9 Å². The van der Waals surface area contributed by atoms with Crippen LogP contribution in [0.25, 0.3) is 10.2 Å². The van der Waals surface area contributed by atoms with E-state index in [9.17, 15) is 9.59 Å². The molecule has 0 spiro atoms. The minimum Gasteiger partial charge on any atom is -0.325 e. The zero-order chi connectivity index (χ0) is 19.0. The van der Waals surface area contributed by atoms with Crippen molar-refractivity contribution in [3.05, 3.63) is 50.6 Å². The van der Waals surface area contributed by atoms with E-state index in [1.165, 1.54) is 22.2 Å². The summed E-state index contributed by atoms with van der Waals surface area (Å²) in [5, 5.41) is 4.10. The average Bonchev–Trinajstić information content (AvgIpc) is 2.99. The van der Waals surface area contributed by atoms with Crippen LogP contribution in [-0.4, -0.2) is 21.6 Å². The third-order valence-corrected chi connectivity index (χ3v) is 6.84. The molecule has 5 nitrogen and oxygen atoms in total. The topological polar surface area (TPSA) is 74.8 Å². The van der Waals surface area contributed by atoms with Gasteiger partial charge < -0.3 is 10.3 Å². The van der Waals surface area contributed by atoms with E-state index >= 15 is 0 Å². The molecule has 7 heteroatoms. The normalized spacial score (nSPS) is 16.3. The van der Waals surface area contributed by atoms with Crippen LogP contribution in [0, 0.1) is 12.8 Å². The molecule has 0 saturated heterocycles. The Hall–Kier alpha value is -2.12. The van der Waals surface area contributed by atoms with Gasteiger partial charge in [-0.25, -0.2) is 4.98 Å². The van der Waals surface area contributed by atoms with Crippen molar-refractivity contribution < 1.29 is 4.79 Å². The molecule has 0 unspecified atom stereocenters. The van der Waals surface area contributed by atoms with Crippen LogP contribution in [0.15, 0.2) is 34.2 Å². The largest absolute Gasteiger partial charge is 0.325 e. The maximum absolute atomic E-state index is 12.6. The number of H-pyrrole nitrogens is 1. The van der Waals surface area contributed by atoms with Crippen LogP contribution in [0.5, 0.6) is 0 Å². The average molecular weight is 400 g/mol. The van der Waals surface area contributed by atoms with E-state index in [-0.39, 0.29) is 17.2 Å². The number of thiophene rings is 1. The summed E-state index contributed by atoms with van der Waals surface area (Å²) in [5.74, 6) is 0.736. The number of aryl methyl sites for hydroxylation is 2. The van der Waals surface area contributed by atoms with Crippen LogP contribution < -0.4 is 10.9 Å². The SMILES string of the molecule is Cc1ccc(NC(=O)CSc2nc3sc4c(c3c(=O)[nH]2)CC[C@H](C)C4)cc1. The number of aromatic amines is 1. The molecule has 0 aliphatic heterocycles. The van der Waals surface area contributed by atoms with Crippen molar-refractivity contribution in [1.29, 1.82) is 0 Å². The number of carbonyl (C=O) groups excluding carboxylic acids is 1. The third kappa shape index (κ3) is 3.94. The fourth-order valence-electron chi connectivity index (χ4n) is 3.37. The Balaban J connectivity index is 1.48. The number of anilines is 1. The van der Waals surface area contributed by atoms with E-state index in [1.807, 2.05) is 31.2 Å². The molecule has 0 saturated carbocycles. The standard InChI is InChI=1S/C20H21N3O2S2/c1-11-3-6-13(7-4-11)21-16(24)10-26-20-22-18(25)17-14-8-5-12(2)9-15(14)27-19(17)23-20/h3-4,6-7,12H,5,8-10H2,1-2H3,(H,21,24)(H,22,23,25)/t12-/m0/s1. The lowest BCUT2D eigenvalue weighted by Crippen LogP contribution is -2.16. The number of aromatic nitrogens is 2. The highest BCUT2D eigenvalue weighted by Crippen LogP contribution is 2.36. The Morgan fingerprint density at radius 2 is 2.15 bits per heavy atom. The predicted molar refractivity (Wildman–Crippen MR) is 112 cm³/mol. The number of fused-ring (bicyclic) bond motifs is 3. The summed E-state index contributed by atoms with van der Waals surface area (Å²) in [6.07, 6.45) is 3.10. The van der Waals surface area contributed by atoms with E-state index in [4.69, 9.17) is 0 Å². The highest BCUT2D eigenvalue weighted by Gasteiger charge is 2.23. The van der Waals surface area contributed by atoms with Gasteiger partial charge in [0, 0.05) is 10.6 Å². The van der Waals surface area contributed by atoms with Gasteiger partial charge in [0.05, 0.1) is 11.1 Å². The smallest absolute Gasteiger partial charge is 0.260 e. The van der Waals surface area contributed by atoms with E-state index in [2.05, 4.69) is 22.2 Å². The van der Waals surface area contributed by atoms with E-state index in [0.29, 0.717) is 11.1 Å². The minimum absolute atomic E-state index is 0.0894. The van der Waals surface area contributed by atoms with Crippen molar-refractivity contribution in [3.8, 4) is 0 Å². The molecule has 27 heavy (non-hydrogen) atoms. The molecule has 0 bridgehead atoms. The monoisotopic (exact) mass is 399 g/mol. The minimum atomic E-state index is -0.120. The second-order valence-corrected chi connectivity index (χ2v) is 9.15. The predicted octanol–water partition coefficient (Wildman–Crippen LogP) is 4.15. The fraction of sp³-hybridized carbons (Fsp3) is 0.350. The molecule has 2 heterocycles. The third-order valence-electron chi connectivity index (χ3n) is 4.82. The summed E-state index contributed by atoms with van der Waals surface area (Å²) in [5.41, 5.74) is 3.00. The van der Waals surface area contributed by atoms with Gasteiger partial charge in [0.2, 0.25) is 5.91 Å². The first-order valence-electron chi connectivity index (χ1n) is 9.03. The van der Waals surface area contributed by atoms with Gasteiger partial charge in [0.1, 0.15) is 4.83 Å². The number of amides is 1. The van der Waals surface area contributed by atoms with Crippen molar-refractivity contribution in [2.75, 3.05) is 11.1 Å². The Labute approximate surface area is 165 Å². The molecule has 1 atom stereocenters. The molecule has 3 aromatic rings. The van der Waals surface area contributed by atoms with Crippen LogP contribution in [0.2, 0.25) is 0 Å². The molecular weight excluding hydrogens is 378 g/mol. The molecular formula is C20H21N3O2S2. The van der Waals surface area contributed by atoms with Gasteiger partial charge in [0.15, 0.2) is 5.16 Å². The summed E-state index contributed by atoms with van der Waals surface area (Å²) in [7, 11) is 0. The van der Waals surface area contributed by atoms with Crippen molar-refractivity contribution in [2.45, 2.75) is 38.3 Å². The number of nitrogens with zero attached hydrogens (tertiary/aromatic N) is 1. The Kier molecular flexibility index (Phi) is 5.06. The van der Waals surface area contributed by atoms with Crippen LogP contribution in [-0.2, 0) is 17.6 Å². The van der Waals surface area contributed by atoms with Crippen LogP contribution in [0.1, 0.15) is 29.3 Å². The zero-order valence-corrected chi connectivity index (χ0v) is 16.9. The van der Waals surface area contributed by atoms with Gasteiger partial charge in [-0.05, 0) is 49.8 Å². The van der Waals surface area contributed by atoms with Gasteiger partial charge in [-0.2, -0.15) is 0 Å². The van der Waals surface area contributed by atoms with Crippen LogP contribution >= 0.6 is 23.1 Å². The molecule has 1 aromatic carbocycles. The molecule has 1 aliphatic rings. The lowest BCUT2D eigenvalue weighted by atomic mass is 9.89. The Morgan fingerprint density at radius 1 is 1.37 bits per heavy atom. The van der Waals surface area contributed by atoms with Crippen molar-refractivity contribution in [2.24, 2.45) is 5.92 Å². The molecule has 1 amide bonds. The maximum atomic E-state index is 12.6. The number of rotatable bonds is 4. The van der Waals surface area contributed by atoms with Gasteiger partial charge >= 0.3 is 0 Å². The lowest BCUT2D eigenvalue weighted by molar-refractivity contribution is -0.113. The Bertz CT molecular complexity index is 1050. The maximum Gasteiger partial charge on any atom is 0.260 e. The molecule has 140 valence electrons. The first-order chi connectivity index (χ1) is 13.0. The number of hydrogen-bond acceptors (Lipinski definition) is 5. The van der Waals surface area contributed by atoms with Gasteiger partial charge in [-0.3, -0.25) is 9.59 Å².